The largest absolute Gasteiger partial charge is 0.494 e. The van der Waals surface area contributed by atoms with Crippen LogP contribution >= 0.6 is 0 Å². The number of aliphatic hydroxyl groups excluding tert-OH is 1. The monoisotopic (exact) mass is 252 g/mol. The Kier molecular flexibility index (Phi) is 6.22. The third kappa shape index (κ3) is 4.75. The highest BCUT2D eigenvalue weighted by atomic mass is 16.5. The van der Waals surface area contributed by atoms with Crippen LogP contribution in [0.25, 0.3) is 0 Å². The molecule has 0 saturated heterocycles. The summed E-state index contributed by atoms with van der Waals surface area (Å²) in [5, 5.41) is 9.84. The molecule has 18 heavy (non-hydrogen) atoms. The van der Waals surface area contributed by atoms with Crippen molar-refractivity contribution in [1.29, 1.82) is 0 Å². The maximum absolute atomic E-state index is 11.2. The molecule has 0 spiro atoms. The predicted molar refractivity (Wildman–Crippen MR) is 68.4 cm³/mol. The molecule has 0 radical (unpaired) electrons. The Bertz CT molecular complexity index is 359. The average Bonchev–Trinajstić information content (AvgIpc) is 2.37. The van der Waals surface area contributed by atoms with Crippen LogP contribution in [0.1, 0.15) is 38.4 Å². The summed E-state index contributed by atoms with van der Waals surface area (Å²) in [6, 6.07) is 7.10. The van der Waals surface area contributed by atoms with E-state index < -0.39 is 12.1 Å². The van der Waals surface area contributed by atoms with Crippen LogP contribution in [0.3, 0.4) is 0 Å². The van der Waals surface area contributed by atoms with E-state index >= 15 is 0 Å². The molecule has 0 heterocycles. The van der Waals surface area contributed by atoms with Crippen molar-refractivity contribution in [3.63, 3.8) is 0 Å². The highest BCUT2D eigenvalue weighted by Crippen LogP contribution is 2.20. The van der Waals surface area contributed by atoms with Gasteiger partial charge in [-0.25, -0.2) is 0 Å². The highest BCUT2D eigenvalue weighted by molar-refractivity contribution is 5.70. The minimum Gasteiger partial charge on any atom is -0.494 e. The van der Waals surface area contributed by atoms with Crippen molar-refractivity contribution >= 4 is 5.97 Å². The molecule has 0 bridgehead atoms. The van der Waals surface area contributed by atoms with Crippen LogP contribution in [0.5, 0.6) is 5.75 Å². The quantitative estimate of drug-likeness (QED) is 0.757. The van der Waals surface area contributed by atoms with Gasteiger partial charge in [0.05, 0.1) is 25.7 Å². The second-order valence-corrected chi connectivity index (χ2v) is 3.94. The van der Waals surface area contributed by atoms with Gasteiger partial charge in [0.15, 0.2) is 0 Å². The second-order valence-electron chi connectivity index (χ2n) is 3.94. The standard InChI is InChI=1S/C14H20O4/c1-3-9-18-12-7-5-11(6-8-12)13(15)10-14(16)17-4-2/h5-8,13,15H,3-4,9-10H2,1-2H3. The van der Waals surface area contributed by atoms with Crippen LogP contribution in [0.2, 0.25) is 0 Å². The van der Waals surface area contributed by atoms with E-state index in [2.05, 4.69) is 0 Å². The topological polar surface area (TPSA) is 55.8 Å². The van der Waals surface area contributed by atoms with Crippen LogP contribution in [0, 0.1) is 0 Å². The van der Waals surface area contributed by atoms with Crippen molar-refractivity contribution in [2.24, 2.45) is 0 Å². The van der Waals surface area contributed by atoms with E-state index in [4.69, 9.17) is 9.47 Å². The van der Waals surface area contributed by atoms with Gasteiger partial charge in [-0.2, -0.15) is 0 Å². The summed E-state index contributed by atoms with van der Waals surface area (Å²) in [7, 11) is 0. The summed E-state index contributed by atoms with van der Waals surface area (Å²) >= 11 is 0. The third-order valence-electron chi connectivity index (χ3n) is 2.40. The molecule has 1 atom stereocenters. The summed E-state index contributed by atoms with van der Waals surface area (Å²) in [5.74, 6) is 0.375. The van der Waals surface area contributed by atoms with Gasteiger partial charge in [-0.3, -0.25) is 4.79 Å². The van der Waals surface area contributed by atoms with Crippen molar-refractivity contribution < 1.29 is 19.4 Å². The fraction of sp³-hybridized carbons (Fsp3) is 0.500. The molecular weight excluding hydrogens is 232 g/mol. The first-order valence-electron chi connectivity index (χ1n) is 6.23. The Hall–Kier alpha value is -1.55. The van der Waals surface area contributed by atoms with Gasteiger partial charge in [-0.15, -0.1) is 0 Å². The first-order chi connectivity index (χ1) is 8.67. The number of rotatable bonds is 7. The number of hydrogen-bond donors (Lipinski definition) is 1. The number of aliphatic hydroxyl groups is 1. The number of ether oxygens (including phenoxy) is 2. The van der Waals surface area contributed by atoms with Gasteiger partial charge in [-0.05, 0) is 31.0 Å². The Labute approximate surface area is 108 Å². The normalized spacial score (nSPS) is 11.9. The zero-order chi connectivity index (χ0) is 13.4. The molecule has 1 aromatic rings. The lowest BCUT2D eigenvalue weighted by atomic mass is 10.1. The molecule has 1 aromatic carbocycles. The van der Waals surface area contributed by atoms with Crippen molar-refractivity contribution in [3.05, 3.63) is 29.8 Å². The molecule has 4 nitrogen and oxygen atoms in total. The number of esters is 1. The minimum atomic E-state index is -0.829. The molecule has 1 rings (SSSR count). The van der Waals surface area contributed by atoms with Crippen LogP contribution in [0.15, 0.2) is 24.3 Å². The molecule has 0 saturated carbocycles. The fourth-order valence-electron chi connectivity index (χ4n) is 1.50. The van der Waals surface area contributed by atoms with E-state index in [1.165, 1.54) is 0 Å². The Balaban J connectivity index is 2.53. The van der Waals surface area contributed by atoms with Crippen molar-refractivity contribution in [1.82, 2.24) is 0 Å². The Morgan fingerprint density at radius 1 is 1.28 bits per heavy atom. The number of benzene rings is 1. The predicted octanol–water partition coefficient (Wildman–Crippen LogP) is 2.46. The number of hydrogen-bond acceptors (Lipinski definition) is 4. The molecule has 0 aliphatic carbocycles. The third-order valence-corrected chi connectivity index (χ3v) is 2.40. The maximum Gasteiger partial charge on any atom is 0.308 e. The van der Waals surface area contributed by atoms with Gasteiger partial charge in [0.25, 0.3) is 0 Å². The number of carbonyl (C=O) groups excluding carboxylic acids is 1. The molecule has 100 valence electrons. The van der Waals surface area contributed by atoms with E-state index in [9.17, 15) is 9.90 Å². The van der Waals surface area contributed by atoms with Crippen LogP contribution in [-0.2, 0) is 9.53 Å². The average molecular weight is 252 g/mol. The fourth-order valence-corrected chi connectivity index (χ4v) is 1.50. The summed E-state index contributed by atoms with van der Waals surface area (Å²) in [6.07, 6.45) is 0.0974. The first-order valence-corrected chi connectivity index (χ1v) is 6.23. The molecule has 0 fully saturated rings. The van der Waals surface area contributed by atoms with Gasteiger partial charge in [0, 0.05) is 0 Å². The summed E-state index contributed by atoms with van der Waals surface area (Å²) < 4.78 is 10.2. The van der Waals surface area contributed by atoms with Crippen molar-refractivity contribution in [3.8, 4) is 5.75 Å². The molecule has 1 unspecified atom stereocenters. The lowest BCUT2D eigenvalue weighted by Gasteiger charge is -2.11. The van der Waals surface area contributed by atoms with Crippen molar-refractivity contribution in [2.75, 3.05) is 13.2 Å². The van der Waals surface area contributed by atoms with E-state index in [1.807, 2.05) is 6.92 Å². The van der Waals surface area contributed by atoms with Gasteiger partial charge in [-0.1, -0.05) is 19.1 Å². The molecule has 1 N–H and O–H groups in total. The number of carbonyl (C=O) groups is 1. The molecule has 0 aliphatic heterocycles. The SMILES string of the molecule is CCCOc1ccc(C(O)CC(=O)OCC)cc1. The smallest absolute Gasteiger partial charge is 0.308 e. The van der Waals surface area contributed by atoms with Crippen molar-refractivity contribution in [2.45, 2.75) is 32.8 Å². The minimum absolute atomic E-state index is 0.0248. The van der Waals surface area contributed by atoms with Gasteiger partial charge >= 0.3 is 5.97 Å². The van der Waals surface area contributed by atoms with E-state index in [0.29, 0.717) is 18.8 Å². The Morgan fingerprint density at radius 2 is 1.94 bits per heavy atom. The summed E-state index contributed by atoms with van der Waals surface area (Å²) in [6.45, 7) is 4.78. The molecular formula is C14H20O4. The van der Waals surface area contributed by atoms with E-state index in [0.717, 1.165) is 12.2 Å². The second kappa shape index (κ2) is 7.71. The first kappa shape index (κ1) is 14.5. The lowest BCUT2D eigenvalue weighted by molar-refractivity contribution is -0.145. The van der Waals surface area contributed by atoms with Gasteiger partial charge < -0.3 is 14.6 Å². The van der Waals surface area contributed by atoms with Gasteiger partial charge in [0.1, 0.15) is 5.75 Å². The van der Waals surface area contributed by atoms with Crippen LogP contribution in [-0.4, -0.2) is 24.3 Å². The summed E-state index contributed by atoms with van der Waals surface area (Å²) in [4.78, 5) is 11.2. The van der Waals surface area contributed by atoms with Crippen LogP contribution in [0.4, 0.5) is 0 Å². The molecule has 0 amide bonds. The van der Waals surface area contributed by atoms with E-state index in [1.54, 1.807) is 31.2 Å². The van der Waals surface area contributed by atoms with Crippen LogP contribution < -0.4 is 4.74 Å². The molecule has 4 heteroatoms. The van der Waals surface area contributed by atoms with E-state index in [-0.39, 0.29) is 6.42 Å². The lowest BCUT2D eigenvalue weighted by Crippen LogP contribution is -2.10. The maximum atomic E-state index is 11.2. The zero-order valence-corrected chi connectivity index (χ0v) is 10.9. The molecule has 0 aromatic heterocycles. The van der Waals surface area contributed by atoms with Gasteiger partial charge in [0.2, 0.25) is 0 Å². The Morgan fingerprint density at radius 3 is 2.50 bits per heavy atom. The highest BCUT2D eigenvalue weighted by Gasteiger charge is 2.13. The summed E-state index contributed by atoms with van der Waals surface area (Å²) in [5.41, 5.74) is 0.687. The zero-order valence-electron chi connectivity index (χ0n) is 10.9. The molecule has 0 aliphatic rings.